The van der Waals surface area contributed by atoms with Crippen LogP contribution in [0.3, 0.4) is 0 Å². The maximum Gasteiger partial charge on any atom is 0.128 e. The number of thiophene rings is 1. The summed E-state index contributed by atoms with van der Waals surface area (Å²) in [5.74, 6) is 0.948. The molecule has 3 aliphatic heterocycles. The number of halogens is 1. The van der Waals surface area contributed by atoms with Gasteiger partial charge in [-0.2, -0.15) is 0 Å². The molecule has 0 spiro atoms. The summed E-state index contributed by atoms with van der Waals surface area (Å²) in [7, 11) is 0. The molecule has 1 N–H and O–H groups in total. The van der Waals surface area contributed by atoms with Crippen LogP contribution in [0, 0.1) is 11.8 Å². The van der Waals surface area contributed by atoms with E-state index in [2.05, 4.69) is 34.5 Å². The van der Waals surface area contributed by atoms with Crippen molar-refractivity contribution >= 4 is 23.7 Å². The van der Waals surface area contributed by atoms with Gasteiger partial charge in [0.15, 0.2) is 0 Å². The Morgan fingerprint density at radius 1 is 1.05 bits per heavy atom. The largest absolute Gasteiger partial charge is 0.379 e. The van der Waals surface area contributed by atoms with Gasteiger partial charge in [-0.15, -0.1) is 23.7 Å². The van der Waals surface area contributed by atoms with Crippen molar-refractivity contribution in [1.29, 1.82) is 0 Å². The molecule has 2 atom stereocenters. The zero-order chi connectivity index (χ0) is 14.3. The smallest absolute Gasteiger partial charge is 0.128 e. The molecular weight excluding hydrogens is 314 g/mol. The van der Waals surface area contributed by atoms with Crippen molar-refractivity contribution in [2.24, 2.45) is 11.8 Å². The molecule has 0 saturated carbocycles. The van der Waals surface area contributed by atoms with Crippen molar-refractivity contribution in [2.75, 3.05) is 19.6 Å². The number of benzene rings is 1. The van der Waals surface area contributed by atoms with E-state index in [1.807, 2.05) is 18.2 Å². The first-order valence-corrected chi connectivity index (χ1v) is 8.70. The lowest BCUT2D eigenvalue weighted by atomic mass is 9.67. The van der Waals surface area contributed by atoms with E-state index in [9.17, 15) is 5.11 Å². The standard InChI is InChI=1S/C18H21NOS.ClH/c20-18(17-7-4-12-21-17,15-5-2-1-3-6-15)16-13-19-10-8-14(16)9-11-19;/h1-7,12,14,16,20H,8-11,13H2;1H. The molecule has 0 radical (unpaired) electrons. The van der Waals surface area contributed by atoms with Crippen molar-refractivity contribution in [3.8, 4) is 0 Å². The Morgan fingerprint density at radius 3 is 2.32 bits per heavy atom. The Kier molecular flexibility index (Phi) is 4.60. The molecule has 3 saturated heterocycles. The third-order valence-corrected chi connectivity index (χ3v) is 6.30. The quantitative estimate of drug-likeness (QED) is 0.923. The van der Waals surface area contributed by atoms with Crippen molar-refractivity contribution in [1.82, 2.24) is 4.90 Å². The normalized spacial score (nSPS) is 29.6. The highest BCUT2D eigenvalue weighted by atomic mass is 35.5. The van der Waals surface area contributed by atoms with E-state index in [1.165, 1.54) is 25.9 Å². The highest BCUT2D eigenvalue weighted by Gasteiger charge is 2.49. The second kappa shape index (κ2) is 6.32. The molecular formula is C18H22ClNOS. The molecule has 2 aromatic rings. The third-order valence-electron chi connectivity index (χ3n) is 5.30. The highest BCUT2D eigenvalue weighted by Crippen LogP contribution is 2.47. The van der Waals surface area contributed by atoms with E-state index in [4.69, 9.17) is 0 Å². The van der Waals surface area contributed by atoms with Gasteiger partial charge >= 0.3 is 0 Å². The molecule has 1 aromatic heterocycles. The monoisotopic (exact) mass is 335 g/mol. The molecule has 0 amide bonds. The second-order valence-corrected chi connectivity index (χ2v) is 7.30. The minimum atomic E-state index is -0.834. The average Bonchev–Trinajstić information content (AvgIpc) is 3.11. The number of piperidine rings is 3. The number of hydrogen-bond donors (Lipinski definition) is 1. The summed E-state index contributed by atoms with van der Waals surface area (Å²) < 4.78 is 0. The molecule has 2 bridgehead atoms. The van der Waals surface area contributed by atoms with Gasteiger partial charge in [0.05, 0.1) is 0 Å². The van der Waals surface area contributed by atoms with Gasteiger partial charge in [0, 0.05) is 17.3 Å². The average molecular weight is 336 g/mol. The predicted octanol–water partition coefficient (Wildman–Crippen LogP) is 3.75. The first-order valence-electron chi connectivity index (χ1n) is 7.82. The lowest BCUT2D eigenvalue weighted by molar-refractivity contribution is -0.0744. The minimum Gasteiger partial charge on any atom is -0.379 e. The number of hydrogen-bond acceptors (Lipinski definition) is 3. The fourth-order valence-electron chi connectivity index (χ4n) is 4.17. The lowest BCUT2D eigenvalue weighted by Gasteiger charge is -2.51. The molecule has 4 heterocycles. The first kappa shape index (κ1) is 16.0. The van der Waals surface area contributed by atoms with Crippen molar-refractivity contribution in [3.05, 3.63) is 58.3 Å². The Labute approximate surface area is 142 Å². The molecule has 118 valence electrons. The van der Waals surface area contributed by atoms with Crippen LogP contribution in [0.4, 0.5) is 0 Å². The van der Waals surface area contributed by atoms with Gasteiger partial charge in [-0.3, -0.25) is 0 Å². The third kappa shape index (κ3) is 2.50. The summed E-state index contributed by atoms with van der Waals surface area (Å²) in [6.45, 7) is 3.43. The topological polar surface area (TPSA) is 23.5 Å². The summed E-state index contributed by atoms with van der Waals surface area (Å²) in [5.41, 5.74) is 0.213. The van der Waals surface area contributed by atoms with Crippen LogP contribution in [0.25, 0.3) is 0 Å². The van der Waals surface area contributed by atoms with Gasteiger partial charge in [0.25, 0.3) is 0 Å². The SMILES string of the molecule is Cl.OC(c1ccccc1)(c1cccs1)C1CN2CCC1CC2. The Hall–Kier alpha value is -0.870. The van der Waals surface area contributed by atoms with Crippen LogP contribution >= 0.6 is 23.7 Å². The maximum absolute atomic E-state index is 11.8. The van der Waals surface area contributed by atoms with Gasteiger partial charge in [-0.1, -0.05) is 36.4 Å². The van der Waals surface area contributed by atoms with Gasteiger partial charge in [0.2, 0.25) is 0 Å². The van der Waals surface area contributed by atoms with Crippen LogP contribution in [0.5, 0.6) is 0 Å². The van der Waals surface area contributed by atoms with Crippen LogP contribution in [-0.2, 0) is 5.60 Å². The molecule has 1 aromatic carbocycles. The molecule has 3 fully saturated rings. The Balaban J connectivity index is 0.00000144. The summed E-state index contributed by atoms with van der Waals surface area (Å²) in [5, 5.41) is 13.8. The van der Waals surface area contributed by atoms with Gasteiger partial charge in [-0.25, -0.2) is 0 Å². The predicted molar refractivity (Wildman–Crippen MR) is 93.7 cm³/mol. The van der Waals surface area contributed by atoms with Crippen LogP contribution in [0.2, 0.25) is 0 Å². The number of nitrogens with zero attached hydrogens (tertiary/aromatic N) is 1. The molecule has 2 nitrogen and oxygen atoms in total. The zero-order valence-corrected chi connectivity index (χ0v) is 14.2. The summed E-state index contributed by atoms with van der Waals surface area (Å²) in [6, 6.07) is 14.4. The van der Waals surface area contributed by atoms with Gasteiger partial charge < -0.3 is 10.0 Å². The molecule has 4 heteroatoms. The molecule has 22 heavy (non-hydrogen) atoms. The minimum absolute atomic E-state index is 0. The number of aliphatic hydroxyl groups is 1. The second-order valence-electron chi connectivity index (χ2n) is 6.35. The van der Waals surface area contributed by atoms with Crippen LogP contribution in [0.15, 0.2) is 47.8 Å². The van der Waals surface area contributed by atoms with Crippen molar-refractivity contribution < 1.29 is 5.11 Å². The van der Waals surface area contributed by atoms with E-state index >= 15 is 0 Å². The fourth-order valence-corrected chi connectivity index (χ4v) is 5.07. The lowest BCUT2D eigenvalue weighted by Crippen LogP contribution is -2.55. The van der Waals surface area contributed by atoms with Crippen molar-refractivity contribution in [3.63, 3.8) is 0 Å². The molecule has 5 rings (SSSR count). The van der Waals surface area contributed by atoms with E-state index in [0.29, 0.717) is 11.8 Å². The highest BCUT2D eigenvalue weighted by molar-refractivity contribution is 7.10. The van der Waals surface area contributed by atoms with Crippen LogP contribution in [0.1, 0.15) is 23.3 Å². The molecule has 2 unspecified atom stereocenters. The Morgan fingerprint density at radius 2 is 1.77 bits per heavy atom. The van der Waals surface area contributed by atoms with Gasteiger partial charge in [0.1, 0.15) is 5.60 Å². The molecule has 0 aliphatic carbocycles. The summed E-state index contributed by atoms with van der Waals surface area (Å²) >= 11 is 1.68. The van der Waals surface area contributed by atoms with Gasteiger partial charge in [-0.05, 0) is 48.9 Å². The van der Waals surface area contributed by atoms with E-state index < -0.39 is 5.60 Å². The summed E-state index contributed by atoms with van der Waals surface area (Å²) in [4.78, 5) is 3.61. The van der Waals surface area contributed by atoms with E-state index in [-0.39, 0.29) is 12.4 Å². The van der Waals surface area contributed by atoms with E-state index in [0.717, 1.165) is 17.0 Å². The number of fused-ring (bicyclic) bond motifs is 3. The Bertz CT molecular complexity index is 595. The van der Waals surface area contributed by atoms with Crippen molar-refractivity contribution in [2.45, 2.75) is 18.4 Å². The van der Waals surface area contributed by atoms with Crippen LogP contribution in [-0.4, -0.2) is 29.6 Å². The maximum atomic E-state index is 11.8. The number of rotatable bonds is 3. The zero-order valence-electron chi connectivity index (χ0n) is 12.5. The van der Waals surface area contributed by atoms with E-state index in [1.54, 1.807) is 11.3 Å². The summed E-state index contributed by atoms with van der Waals surface area (Å²) in [6.07, 6.45) is 2.45. The van der Waals surface area contributed by atoms with Crippen LogP contribution < -0.4 is 0 Å². The first-order chi connectivity index (χ1) is 10.3. The fraction of sp³-hybridized carbons (Fsp3) is 0.444. The molecule has 3 aliphatic rings.